The topological polar surface area (TPSA) is 58.6 Å². The molecule has 1 heterocycles. The predicted octanol–water partition coefficient (Wildman–Crippen LogP) is 3.15. The Morgan fingerprint density at radius 2 is 1.96 bits per heavy atom. The van der Waals surface area contributed by atoms with Crippen LogP contribution in [0.2, 0.25) is 0 Å². The Hall–Kier alpha value is -3.29. The molecule has 1 N–H and O–H groups in total. The molecule has 0 atom stereocenters. The molecule has 0 spiro atoms. The largest absolute Gasteiger partial charge is 0.493 e. The van der Waals surface area contributed by atoms with Crippen LogP contribution in [-0.4, -0.2) is 36.9 Å². The molecule has 0 unspecified atom stereocenters. The van der Waals surface area contributed by atoms with Crippen molar-refractivity contribution in [2.24, 2.45) is 0 Å². The summed E-state index contributed by atoms with van der Waals surface area (Å²) in [6.07, 6.45) is 3.74. The lowest BCUT2D eigenvalue weighted by Crippen LogP contribution is -2.34. The molecule has 0 aliphatic carbocycles. The van der Waals surface area contributed by atoms with E-state index in [1.165, 1.54) is 13.1 Å². The van der Waals surface area contributed by atoms with Gasteiger partial charge in [0.25, 0.3) is 0 Å². The van der Waals surface area contributed by atoms with Gasteiger partial charge in [-0.1, -0.05) is 6.07 Å². The average Bonchev–Trinajstić information content (AvgIpc) is 3.14. The first kappa shape index (κ1) is 19.5. The SMILES string of the molecule is CN(CC(=O)Nc1ccc(F)c(F)c1F)C(=O)C=Cc1ccc2c(c1)CCO2. The lowest BCUT2D eigenvalue weighted by molar-refractivity contribution is -0.129. The van der Waals surface area contributed by atoms with Gasteiger partial charge in [0.2, 0.25) is 11.8 Å². The van der Waals surface area contributed by atoms with E-state index in [1.54, 1.807) is 6.08 Å². The Morgan fingerprint density at radius 1 is 1.18 bits per heavy atom. The fourth-order valence-electron chi connectivity index (χ4n) is 2.71. The number of rotatable bonds is 5. The Bertz CT molecular complexity index is 960. The maximum Gasteiger partial charge on any atom is 0.246 e. The number of nitrogens with zero attached hydrogens (tertiary/aromatic N) is 1. The van der Waals surface area contributed by atoms with Crippen LogP contribution in [0.1, 0.15) is 11.1 Å². The summed E-state index contributed by atoms with van der Waals surface area (Å²) in [5.74, 6) is -4.89. The maximum absolute atomic E-state index is 13.6. The van der Waals surface area contributed by atoms with E-state index in [4.69, 9.17) is 4.74 Å². The van der Waals surface area contributed by atoms with Crippen LogP contribution in [0.3, 0.4) is 0 Å². The van der Waals surface area contributed by atoms with E-state index in [1.807, 2.05) is 18.2 Å². The van der Waals surface area contributed by atoms with Crippen molar-refractivity contribution >= 4 is 23.6 Å². The van der Waals surface area contributed by atoms with Crippen LogP contribution in [-0.2, 0) is 16.0 Å². The van der Waals surface area contributed by atoms with E-state index in [2.05, 4.69) is 5.32 Å². The summed E-state index contributed by atoms with van der Waals surface area (Å²) in [6.45, 7) is 0.247. The molecule has 2 amide bonds. The molecule has 146 valence electrons. The Kier molecular flexibility index (Phi) is 5.67. The van der Waals surface area contributed by atoms with Gasteiger partial charge in [0.1, 0.15) is 5.75 Å². The van der Waals surface area contributed by atoms with Gasteiger partial charge in [0.15, 0.2) is 17.5 Å². The van der Waals surface area contributed by atoms with Crippen LogP contribution in [0.25, 0.3) is 6.08 Å². The standard InChI is InChI=1S/C20H17F3N2O3/c1-25(11-17(26)24-15-5-4-14(21)19(22)20(15)23)18(27)7-3-12-2-6-16-13(10-12)8-9-28-16/h2-7,10H,8-9,11H2,1H3,(H,24,26). The molecule has 1 aliphatic heterocycles. The number of ether oxygens (including phenoxy) is 1. The molecule has 3 rings (SSSR count). The van der Waals surface area contributed by atoms with Gasteiger partial charge in [-0.05, 0) is 41.5 Å². The van der Waals surface area contributed by atoms with E-state index >= 15 is 0 Å². The molecule has 0 aromatic heterocycles. The summed E-state index contributed by atoms with van der Waals surface area (Å²) in [5, 5.41) is 2.11. The summed E-state index contributed by atoms with van der Waals surface area (Å²) in [4.78, 5) is 25.2. The lowest BCUT2D eigenvalue weighted by Gasteiger charge is -2.15. The number of fused-ring (bicyclic) bond motifs is 1. The smallest absolute Gasteiger partial charge is 0.246 e. The van der Waals surface area contributed by atoms with Crippen molar-refractivity contribution in [2.75, 3.05) is 25.5 Å². The molecule has 0 saturated heterocycles. The van der Waals surface area contributed by atoms with E-state index in [9.17, 15) is 22.8 Å². The molecule has 0 radical (unpaired) electrons. The minimum atomic E-state index is -1.68. The highest BCUT2D eigenvalue weighted by Gasteiger charge is 2.17. The first-order chi connectivity index (χ1) is 13.3. The third-order valence-electron chi connectivity index (χ3n) is 4.20. The summed E-state index contributed by atoms with van der Waals surface area (Å²) in [5.41, 5.74) is 1.39. The van der Waals surface area contributed by atoms with Crippen molar-refractivity contribution in [1.82, 2.24) is 4.90 Å². The van der Waals surface area contributed by atoms with Crippen LogP contribution in [0.5, 0.6) is 5.75 Å². The molecule has 8 heteroatoms. The van der Waals surface area contributed by atoms with Crippen molar-refractivity contribution in [3.05, 3.63) is 65.0 Å². The van der Waals surface area contributed by atoms with Gasteiger partial charge in [-0.15, -0.1) is 0 Å². The summed E-state index contributed by atoms with van der Waals surface area (Å²) < 4.78 is 45.1. The van der Waals surface area contributed by atoms with Crippen LogP contribution >= 0.6 is 0 Å². The molecule has 5 nitrogen and oxygen atoms in total. The summed E-state index contributed by atoms with van der Waals surface area (Å²) >= 11 is 0. The Balaban J connectivity index is 1.58. The molecule has 2 aromatic carbocycles. The normalized spacial score (nSPS) is 12.6. The van der Waals surface area contributed by atoms with E-state index in [0.29, 0.717) is 12.7 Å². The number of anilines is 1. The summed E-state index contributed by atoms with van der Waals surface area (Å²) in [7, 11) is 1.39. The number of likely N-dealkylation sites (N-methyl/N-ethyl adjacent to an activating group) is 1. The predicted molar refractivity (Wildman–Crippen MR) is 97.3 cm³/mol. The second-order valence-corrected chi connectivity index (χ2v) is 6.26. The van der Waals surface area contributed by atoms with Crippen molar-refractivity contribution in [3.8, 4) is 5.75 Å². The molecule has 1 aliphatic rings. The van der Waals surface area contributed by atoms with Crippen LogP contribution in [0, 0.1) is 17.5 Å². The first-order valence-corrected chi connectivity index (χ1v) is 8.47. The van der Waals surface area contributed by atoms with Gasteiger partial charge in [0, 0.05) is 19.5 Å². The van der Waals surface area contributed by atoms with E-state index in [-0.39, 0.29) is 6.54 Å². The molecule has 0 bridgehead atoms. The second kappa shape index (κ2) is 8.16. The zero-order valence-corrected chi connectivity index (χ0v) is 15.0. The van der Waals surface area contributed by atoms with Crippen molar-refractivity contribution in [3.63, 3.8) is 0 Å². The van der Waals surface area contributed by atoms with Crippen LogP contribution < -0.4 is 10.1 Å². The molecule has 0 saturated carbocycles. The maximum atomic E-state index is 13.6. The van der Waals surface area contributed by atoms with Gasteiger partial charge in [-0.2, -0.15) is 0 Å². The van der Waals surface area contributed by atoms with Crippen molar-refractivity contribution < 1.29 is 27.5 Å². The molecule has 2 aromatic rings. The number of halogens is 3. The second-order valence-electron chi connectivity index (χ2n) is 6.26. The third-order valence-corrected chi connectivity index (χ3v) is 4.20. The fourth-order valence-corrected chi connectivity index (χ4v) is 2.71. The van der Waals surface area contributed by atoms with Crippen LogP contribution in [0.4, 0.5) is 18.9 Å². The number of nitrogens with one attached hydrogen (secondary N) is 1. The monoisotopic (exact) mass is 390 g/mol. The number of hydrogen-bond acceptors (Lipinski definition) is 3. The highest BCUT2D eigenvalue weighted by molar-refractivity contribution is 5.98. The van der Waals surface area contributed by atoms with Gasteiger partial charge in [-0.3, -0.25) is 9.59 Å². The summed E-state index contributed by atoms with van der Waals surface area (Å²) in [6, 6.07) is 7.18. The van der Waals surface area contributed by atoms with E-state index < -0.39 is 35.0 Å². The van der Waals surface area contributed by atoms with Gasteiger partial charge < -0.3 is 15.0 Å². The Morgan fingerprint density at radius 3 is 2.75 bits per heavy atom. The number of amides is 2. The highest BCUT2D eigenvalue weighted by Crippen LogP contribution is 2.26. The van der Waals surface area contributed by atoms with Crippen molar-refractivity contribution in [2.45, 2.75) is 6.42 Å². The van der Waals surface area contributed by atoms with Gasteiger partial charge in [0.05, 0.1) is 18.8 Å². The molecule has 0 fully saturated rings. The van der Waals surface area contributed by atoms with Gasteiger partial charge >= 0.3 is 0 Å². The van der Waals surface area contributed by atoms with E-state index in [0.717, 1.165) is 34.3 Å². The average molecular weight is 390 g/mol. The number of carbonyl (C=O) groups is 2. The zero-order chi connectivity index (χ0) is 20.3. The third kappa shape index (κ3) is 4.33. The quantitative estimate of drug-likeness (QED) is 0.630. The fraction of sp³-hybridized carbons (Fsp3) is 0.200. The van der Waals surface area contributed by atoms with Crippen molar-refractivity contribution in [1.29, 1.82) is 0 Å². The lowest BCUT2D eigenvalue weighted by atomic mass is 10.1. The molecular formula is C20H17F3N2O3. The highest BCUT2D eigenvalue weighted by atomic mass is 19.2. The minimum absolute atomic E-state index is 0.389. The first-order valence-electron chi connectivity index (χ1n) is 8.47. The minimum Gasteiger partial charge on any atom is -0.493 e. The number of hydrogen-bond donors (Lipinski definition) is 1. The zero-order valence-electron chi connectivity index (χ0n) is 15.0. The van der Waals surface area contributed by atoms with Gasteiger partial charge in [-0.25, -0.2) is 13.2 Å². The molecular weight excluding hydrogens is 373 g/mol. The number of carbonyl (C=O) groups excluding carboxylic acids is 2. The Labute approximate surface area is 159 Å². The van der Waals surface area contributed by atoms with Crippen LogP contribution in [0.15, 0.2) is 36.4 Å². The number of benzene rings is 2. The molecule has 28 heavy (non-hydrogen) atoms.